The molecule has 1 amide bonds. The summed E-state index contributed by atoms with van der Waals surface area (Å²) < 4.78 is 11.2. The topological polar surface area (TPSA) is 102 Å². The Morgan fingerprint density at radius 3 is 2.54 bits per heavy atom. The average molecular weight is 382 g/mol. The first-order valence-electron chi connectivity index (χ1n) is 8.83. The minimum atomic E-state index is -1.42. The number of hydrogen-bond donors (Lipinski definition) is 2. The predicted molar refractivity (Wildman–Crippen MR) is 103 cm³/mol. The Balaban J connectivity index is 2.01. The van der Waals surface area contributed by atoms with Crippen molar-refractivity contribution in [3.8, 4) is 5.75 Å². The third kappa shape index (κ3) is 3.69. The number of aromatic nitrogens is 1. The number of fused-ring (bicyclic) bond motifs is 1. The summed E-state index contributed by atoms with van der Waals surface area (Å²) in [7, 11) is 0. The van der Waals surface area contributed by atoms with Gasteiger partial charge in [0.15, 0.2) is 0 Å². The fourth-order valence-corrected chi connectivity index (χ4v) is 2.83. The van der Waals surface area contributed by atoms with Crippen molar-refractivity contribution in [2.45, 2.75) is 39.8 Å². The molecule has 0 aliphatic carbocycles. The highest BCUT2D eigenvalue weighted by Crippen LogP contribution is 2.31. The van der Waals surface area contributed by atoms with Gasteiger partial charge in [-0.1, -0.05) is 35.5 Å². The lowest BCUT2D eigenvalue weighted by Gasteiger charge is -2.22. The molecule has 0 aliphatic heterocycles. The molecule has 0 saturated carbocycles. The van der Waals surface area contributed by atoms with Gasteiger partial charge in [0, 0.05) is 5.39 Å². The van der Waals surface area contributed by atoms with Gasteiger partial charge in [-0.05, 0) is 39.1 Å². The SMILES string of the molecule is Cc1noc(C)c1COc1c(C(=O)NC(C)(C)C(=O)O)ccc2ccccc12. The number of ether oxygens (including phenoxy) is 1. The number of aliphatic carboxylic acids is 1. The van der Waals surface area contributed by atoms with E-state index in [-0.39, 0.29) is 12.2 Å². The molecule has 0 bridgehead atoms. The normalized spacial score (nSPS) is 11.4. The highest BCUT2D eigenvalue weighted by atomic mass is 16.5. The van der Waals surface area contributed by atoms with Crippen LogP contribution < -0.4 is 10.1 Å². The van der Waals surface area contributed by atoms with Crippen molar-refractivity contribution in [2.75, 3.05) is 0 Å². The fraction of sp³-hybridized carbons (Fsp3) is 0.286. The molecule has 0 fully saturated rings. The Morgan fingerprint density at radius 2 is 1.89 bits per heavy atom. The summed E-state index contributed by atoms with van der Waals surface area (Å²) in [5, 5.41) is 17.4. The van der Waals surface area contributed by atoms with Crippen LogP contribution in [-0.4, -0.2) is 27.7 Å². The van der Waals surface area contributed by atoms with Crippen molar-refractivity contribution in [1.29, 1.82) is 0 Å². The lowest BCUT2D eigenvalue weighted by atomic mass is 10.0. The molecule has 0 unspecified atom stereocenters. The van der Waals surface area contributed by atoms with Gasteiger partial charge in [0.1, 0.15) is 23.7 Å². The smallest absolute Gasteiger partial charge is 0.328 e. The molecule has 0 saturated heterocycles. The molecule has 146 valence electrons. The van der Waals surface area contributed by atoms with Crippen molar-refractivity contribution < 1.29 is 24.0 Å². The molecule has 3 aromatic rings. The number of benzene rings is 2. The number of nitrogens with zero attached hydrogens (tertiary/aromatic N) is 1. The number of aryl methyl sites for hydroxylation is 2. The molecule has 1 heterocycles. The van der Waals surface area contributed by atoms with Crippen LogP contribution in [0, 0.1) is 13.8 Å². The van der Waals surface area contributed by atoms with Gasteiger partial charge in [-0.25, -0.2) is 4.79 Å². The van der Waals surface area contributed by atoms with Crippen LogP contribution in [0.2, 0.25) is 0 Å². The van der Waals surface area contributed by atoms with Crippen molar-refractivity contribution in [2.24, 2.45) is 0 Å². The van der Waals surface area contributed by atoms with Crippen LogP contribution in [0.25, 0.3) is 10.8 Å². The van der Waals surface area contributed by atoms with Crippen molar-refractivity contribution in [1.82, 2.24) is 10.5 Å². The van der Waals surface area contributed by atoms with Gasteiger partial charge in [0.25, 0.3) is 5.91 Å². The standard InChI is InChI=1S/C21H22N2O5/c1-12-17(13(2)28-23-12)11-27-18-15-8-6-5-7-14(15)9-10-16(18)19(24)22-21(3,4)20(25)26/h5-10H,11H2,1-4H3,(H,22,24)(H,25,26). The molecular formula is C21H22N2O5. The monoisotopic (exact) mass is 382 g/mol. The van der Waals surface area contributed by atoms with E-state index in [0.29, 0.717) is 11.5 Å². The maximum Gasteiger partial charge on any atom is 0.328 e. The van der Waals surface area contributed by atoms with E-state index < -0.39 is 17.4 Å². The molecule has 7 nitrogen and oxygen atoms in total. The number of amides is 1. The minimum Gasteiger partial charge on any atom is -0.487 e. The van der Waals surface area contributed by atoms with Gasteiger partial charge in [-0.2, -0.15) is 0 Å². The first kappa shape index (κ1) is 19.4. The zero-order valence-corrected chi connectivity index (χ0v) is 16.2. The average Bonchev–Trinajstić information content (AvgIpc) is 2.97. The molecule has 1 aromatic heterocycles. The van der Waals surface area contributed by atoms with Crippen LogP contribution in [0.1, 0.15) is 41.2 Å². The Morgan fingerprint density at radius 1 is 1.18 bits per heavy atom. The zero-order chi connectivity index (χ0) is 20.5. The molecule has 0 radical (unpaired) electrons. The second-order valence-corrected chi connectivity index (χ2v) is 7.14. The largest absolute Gasteiger partial charge is 0.487 e. The molecule has 0 spiro atoms. The second-order valence-electron chi connectivity index (χ2n) is 7.14. The Bertz CT molecular complexity index is 1030. The molecule has 2 N–H and O–H groups in total. The maximum atomic E-state index is 12.8. The predicted octanol–water partition coefficient (Wildman–Crippen LogP) is 3.62. The van der Waals surface area contributed by atoms with Crippen LogP contribution in [0.4, 0.5) is 0 Å². The van der Waals surface area contributed by atoms with E-state index in [9.17, 15) is 14.7 Å². The summed E-state index contributed by atoms with van der Waals surface area (Å²) in [6.07, 6.45) is 0. The number of hydrogen-bond acceptors (Lipinski definition) is 5. The molecule has 0 aliphatic rings. The lowest BCUT2D eigenvalue weighted by Crippen LogP contribution is -2.49. The van der Waals surface area contributed by atoms with Crippen molar-refractivity contribution in [3.05, 3.63) is 59.0 Å². The third-order valence-corrected chi connectivity index (χ3v) is 4.63. The van der Waals surface area contributed by atoms with E-state index in [2.05, 4.69) is 10.5 Å². The number of carboxylic acids is 1. The minimum absolute atomic E-state index is 0.178. The Hall–Kier alpha value is -3.35. The van der Waals surface area contributed by atoms with E-state index in [1.54, 1.807) is 19.1 Å². The maximum absolute atomic E-state index is 12.8. The van der Waals surface area contributed by atoms with Crippen LogP contribution in [-0.2, 0) is 11.4 Å². The number of rotatable bonds is 6. The summed E-state index contributed by atoms with van der Waals surface area (Å²) in [5.74, 6) is -0.612. The summed E-state index contributed by atoms with van der Waals surface area (Å²) in [5.41, 5.74) is 0.377. The van der Waals surface area contributed by atoms with Gasteiger partial charge < -0.3 is 19.7 Å². The first-order valence-corrected chi connectivity index (χ1v) is 8.83. The van der Waals surface area contributed by atoms with Crippen LogP contribution in [0.5, 0.6) is 5.75 Å². The van der Waals surface area contributed by atoms with Crippen LogP contribution >= 0.6 is 0 Å². The van der Waals surface area contributed by atoms with Crippen molar-refractivity contribution in [3.63, 3.8) is 0 Å². The number of nitrogens with one attached hydrogen (secondary N) is 1. The summed E-state index contributed by atoms with van der Waals surface area (Å²) >= 11 is 0. The van der Waals surface area contributed by atoms with Gasteiger partial charge in [0.2, 0.25) is 0 Å². The zero-order valence-electron chi connectivity index (χ0n) is 16.2. The second kappa shape index (κ2) is 7.34. The molecule has 3 rings (SSSR count). The third-order valence-electron chi connectivity index (χ3n) is 4.63. The molecule has 28 heavy (non-hydrogen) atoms. The summed E-state index contributed by atoms with van der Waals surface area (Å²) in [4.78, 5) is 24.2. The quantitative estimate of drug-likeness (QED) is 0.675. The van der Waals surface area contributed by atoms with Gasteiger partial charge in [-0.15, -0.1) is 0 Å². The van der Waals surface area contributed by atoms with E-state index in [1.165, 1.54) is 13.8 Å². The van der Waals surface area contributed by atoms with E-state index >= 15 is 0 Å². The van der Waals surface area contributed by atoms with Crippen molar-refractivity contribution >= 4 is 22.6 Å². The summed E-state index contributed by atoms with van der Waals surface area (Å²) in [6, 6.07) is 11.0. The van der Waals surface area contributed by atoms with Gasteiger partial charge in [-0.3, -0.25) is 4.79 Å². The first-order chi connectivity index (χ1) is 13.2. The molecule has 7 heteroatoms. The fourth-order valence-electron chi connectivity index (χ4n) is 2.83. The summed E-state index contributed by atoms with van der Waals surface area (Å²) in [6.45, 7) is 6.65. The van der Waals surface area contributed by atoms with E-state index in [0.717, 1.165) is 22.0 Å². The van der Waals surface area contributed by atoms with Gasteiger partial charge >= 0.3 is 5.97 Å². The van der Waals surface area contributed by atoms with E-state index in [1.807, 2.05) is 31.2 Å². The van der Waals surface area contributed by atoms with Crippen LogP contribution in [0.3, 0.4) is 0 Å². The number of carbonyl (C=O) groups excluding carboxylic acids is 1. The van der Waals surface area contributed by atoms with Gasteiger partial charge in [0.05, 0.1) is 16.8 Å². The van der Waals surface area contributed by atoms with E-state index in [4.69, 9.17) is 9.26 Å². The highest BCUT2D eigenvalue weighted by Gasteiger charge is 2.30. The van der Waals surface area contributed by atoms with Crippen LogP contribution in [0.15, 0.2) is 40.9 Å². The number of carbonyl (C=O) groups is 2. The molecule has 0 atom stereocenters. The molecule has 2 aromatic carbocycles. The highest BCUT2D eigenvalue weighted by molar-refractivity contribution is 6.05. The lowest BCUT2D eigenvalue weighted by molar-refractivity contribution is -0.143. The Labute approximate surface area is 162 Å². The number of carboxylic acid groups (broad SMARTS) is 1. The molecular weight excluding hydrogens is 360 g/mol. The Kier molecular flexibility index (Phi) is 5.09.